The molecule has 0 aromatic carbocycles. The van der Waals surface area contributed by atoms with E-state index >= 15 is 0 Å². The number of carbonyl (C=O) groups excluding carboxylic acids is 2. The van der Waals surface area contributed by atoms with Crippen LogP contribution in [-0.4, -0.2) is 50.2 Å². The van der Waals surface area contributed by atoms with Crippen LogP contribution in [0.1, 0.15) is 90.9 Å². The normalized spacial score (nSPS) is 28.0. The van der Waals surface area contributed by atoms with Crippen LogP contribution in [-0.2, 0) is 9.59 Å². The lowest BCUT2D eigenvalue weighted by molar-refractivity contribution is -0.167. The van der Waals surface area contributed by atoms with Gasteiger partial charge in [0, 0.05) is 0 Å². The summed E-state index contributed by atoms with van der Waals surface area (Å²) in [5.41, 5.74) is 2.62. The van der Waals surface area contributed by atoms with Crippen molar-refractivity contribution in [2.75, 3.05) is 0 Å². The van der Waals surface area contributed by atoms with Crippen LogP contribution < -0.4 is 5.73 Å². The molecular formula is C21H36N2O4. The van der Waals surface area contributed by atoms with Crippen LogP contribution in [0.25, 0.3) is 0 Å². The molecule has 6 nitrogen and oxygen atoms in total. The fourth-order valence-corrected chi connectivity index (χ4v) is 5.81. The van der Waals surface area contributed by atoms with E-state index < -0.39 is 34.6 Å². The van der Waals surface area contributed by atoms with E-state index in [1.807, 2.05) is 13.8 Å². The lowest BCUT2D eigenvalue weighted by Gasteiger charge is -2.49. The second kappa shape index (κ2) is 7.36. The Bertz CT molecular complexity index is 545. The number of nitrogens with zero attached hydrogens (tertiary/aromatic N) is 1. The van der Waals surface area contributed by atoms with E-state index in [9.17, 15) is 19.8 Å². The Hall–Kier alpha value is -1.14. The molecule has 4 N–H and O–H groups in total. The highest BCUT2D eigenvalue weighted by Gasteiger charge is 2.55. The number of hydrogen-bond acceptors (Lipinski definition) is 4. The number of nitrogens with two attached hydrogens (primary N) is 1. The predicted molar refractivity (Wildman–Crippen MR) is 103 cm³/mol. The topological polar surface area (TPSA) is 104 Å². The molecule has 3 rings (SSSR count). The SMILES string of the molecule is C[C@@H](N(C(=O)C1(C(N)=O)CCCC1)[C@H](C)C1(O)CCCC1)C1(O)CCCC1. The van der Waals surface area contributed by atoms with Crippen LogP contribution in [0, 0.1) is 5.41 Å². The molecule has 0 aromatic rings. The fraction of sp³-hybridized carbons (Fsp3) is 0.905. The minimum Gasteiger partial charge on any atom is -0.388 e. The molecule has 0 aromatic heterocycles. The van der Waals surface area contributed by atoms with Gasteiger partial charge in [-0.25, -0.2) is 0 Å². The van der Waals surface area contributed by atoms with Gasteiger partial charge >= 0.3 is 0 Å². The Morgan fingerprint density at radius 3 is 1.44 bits per heavy atom. The molecule has 0 aliphatic heterocycles. The molecule has 2 atom stereocenters. The number of rotatable bonds is 6. The third-order valence-electron chi connectivity index (χ3n) is 7.90. The highest BCUT2D eigenvalue weighted by Crippen LogP contribution is 2.45. The average Bonchev–Trinajstić information content (AvgIpc) is 3.36. The number of hydrogen-bond donors (Lipinski definition) is 3. The molecule has 0 spiro atoms. The Kier molecular flexibility index (Phi) is 5.61. The quantitative estimate of drug-likeness (QED) is 0.615. The van der Waals surface area contributed by atoms with Crippen molar-refractivity contribution >= 4 is 11.8 Å². The first kappa shape index (κ1) is 20.6. The van der Waals surface area contributed by atoms with E-state index in [0.717, 1.165) is 38.5 Å². The molecule has 2 amide bonds. The molecule has 0 heterocycles. The van der Waals surface area contributed by atoms with Gasteiger partial charge in [0.05, 0.1) is 23.3 Å². The molecule has 27 heavy (non-hydrogen) atoms. The first-order valence-electron chi connectivity index (χ1n) is 10.7. The number of amides is 2. The molecule has 6 heteroatoms. The van der Waals surface area contributed by atoms with Crippen LogP contribution in [0.15, 0.2) is 0 Å². The van der Waals surface area contributed by atoms with Crippen molar-refractivity contribution in [3.63, 3.8) is 0 Å². The number of carbonyl (C=O) groups is 2. The predicted octanol–water partition coefficient (Wildman–Crippen LogP) is 2.25. The lowest BCUT2D eigenvalue weighted by atomic mass is 9.79. The summed E-state index contributed by atoms with van der Waals surface area (Å²) < 4.78 is 0. The fourth-order valence-electron chi connectivity index (χ4n) is 5.81. The van der Waals surface area contributed by atoms with Crippen molar-refractivity contribution in [2.24, 2.45) is 11.1 Å². The van der Waals surface area contributed by atoms with Crippen molar-refractivity contribution in [3.05, 3.63) is 0 Å². The lowest BCUT2D eigenvalue weighted by Crippen LogP contribution is -2.64. The summed E-state index contributed by atoms with van der Waals surface area (Å²) in [5, 5.41) is 22.5. The first-order valence-corrected chi connectivity index (χ1v) is 10.7. The van der Waals surface area contributed by atoms with E-state index in [1.54, 1.807) is 4.90 Å². The highest BCUT2D eigenvalue weighted by molar-refractivity contribution is 6.05. The van der Waals surface area contributed by atoms with Crippen molar-refractivity contribution in [2.45, 2.75) is 114 Å². The highest BCUT2D eigenvalue weighted by atomic mass is 16.3. The largest absolute Gasteiger partial charge is 0.388 e. The van der Waals surface area contributed by atoms with Gasteiger partial charge in [-0.1, -0.05) is 38.5 Å². The van der Waals surface area contributed by atoms with Crippen LogP contribution >= 0.6 is 0 Å². The van der Waals surface area contributed by atoms with Gasteiger partial charge in [-0.3, -0.25) is 9.59 Å². The summed E-state index contributed by atoms with van der Waals surface area (Å²) in [6, 6.07) is -0.909. The van der Waals surface area contributed by atoms with E-state index in [-0.39, 0.29) is 5.91 Å². The second-order valence-corrected chi connectivity index (χ2v) is 9.34. The van der Waals surface area contributed by atoms with Gasteiger partial charge < -0.3 is 20.8 Å². The minimum atomic E-state index is -1.19. The molecule has 3 aliphatic rings. The van der Waals surface area contributed by atoms with E-state index in [1.165, 1.54) is 0 Å². The molecule has 3 fully saturated rings. The molecule has 0 bridgehead atoms. The molecule has 154 valence electrons. The first-order chi connectivity index (χ1) is 12.7. The maximum atomic E-state index is 13.8. The number of aliphatic hydroxyl groups is 2. The zero-order valence-corrected chi connectivity index (χ0v) is 16.9. The molecule has 3 aliphatic carbocycles. The third kappa shape index (κ3) is 3.39. The molecule has 0 unspecified atom stereocenters. The van der Waals surface area contributed by atoms with Gasteiger partial charge in [0.2, 0.25) is 11.8 Å². The van der Waals surface area contributed by atoms with Crippen LogP contribution in [0.2, 0.25) is 0 Å². The Morgan fingerprint density at radius 2 is 1.11 bits per heavy atom. The molecule has 0 radical (unpaired) electrons. The maximum Gasteiger partial charge on any atom is 0.238 e. The smallest absolute Gasteiger partial charge is 0.238 e. The zero-order chi connectivity index (χ0) is 19.9. The number of primary amides is 1. The summed E-state index contributed by atoms with van der Waals surface area (Å²) in [6.45, 7) is 3.75. The van der Waals surface area contributed by atoms with Gasteiger partial charge in [-0.15, -0.1) is 0 Å². The van der Waals surface area contributed by atoms with E-state index in [2.05, 4.69) is 0 Å². The summed E-state index contributed by atoms with van der Waals surface area (Å²) in [5.74, 6) is -0.848. The summed E-state index contributed by atoms with van der Waals surface area (Å²) in [4.78, 5) is 27.8. The van der Waals surface area contributed by atoms with E-state index in [0.29, 0.717) is 38.5 Å². The average molecular weight is 381 g/mol. The van der Waals surface area contributed by atoms with Gasteiger partial charge in [0.15, 0.2) is 0 Å². The zero-order valence-electron chi connectivity index (χ0n) is 16.9. The summed E-state index contributed by atoms with van der Waals surface area (Å²) in [6.07, 6.45) is 8.86. The van der Waals surface area contributed by atoms with Crippen molar-refractivity contribution in [1.82, 2.24) is 4.90 Å². The van der Waals surface area contributed by atoms with E-state index in [4.69, 9.17) is 5.73 Å². The molecular weight excluding hydrogens is 344 g/mol. The standard InChI is InChI=1S/C21H36N2O4/c1-15(20(26)11-5-6-12-20)23(16(2)21(27)13-7-8-14-21)18(25)19(17(22)24)9-3-4-10-19/h15-16,26-27H,3-14H2,1-2H3,(H2,22,24)/t15-,16-/m1/s1. The van der Waals surface area contributed by atoms with Gasteiger partial charge in [0.25, 0.3) is 0 Å². The summed E-state index contributed by atoms with van der Waals surface area (Å²) >= 11 is 0. The molecule has 0 saturated heterocycles. The van der Waals surface area contributed by atoms with Crippen LogP contribution in [0.4, 0.5) is 0 Å². The Labute approximate surface area is 162 Å². The van der Waals surface area contributed by atoms with Crippen molar-refractivity contribution in [1.29, 1.82) is 0 Å². The van der Waals surface area contributed by atoms with Gasteiger partial charge in [0.1, 0.15) is 5.41 Å². The Morgan fingerprint density at radius 1 is 0.778 bits per heavy atom. The summed E-state index contributed by atoms with van der Waals surface area (Å²) in [7, 11) is 0. The maximum absolute atomic E-state index is 13.8. The third-order valence-corrected chi connectivity index (χ3v) is 7.90. The van der Waals surface area contributed by atoms with Gasteiger partial charge in [-0.05, 0) is 52.4 Å². The Balaban J connectivity index is 1.98. The minimum absolute atomic E-state index is 0.284. The van der Waals surface area contributed by atoms with Crippen LogP contribution in [0.5, 0.6) is 0 Å². The van der Waals surface area contributed by atoms with Gasteiger partial charge in [-0.2, -0.15) is 0 Å². The second-order valence-electron chi connectivity index (χ2n) is 9.34. The van der Waals surface area contributed by atoms with Crippen molar-refractivity contribution < 1.29 is 19.8 Å². The van der Waals surface area contributed by atoms with Crippen molar-refractivity contribution in [3.8, 4) is 0 Å². The molecule has 3 saturated carbocycles. The monoisotopic (exact) mass is 380 g/mol. The van der Waals surface area contributed by atoms with Crippen LogP contribution in [0.3, 0.4) is 0 Å².